The molecule has 1 aliphatic rings. The molecule has 1 aromatic rings. The lowest BCUT2D eigenvalue weighted by atomic mass is 9.91. The second-order valence-electron chi connectivity index (χ2n) is 6.36. The number of piperidine rings is 1. The minimum Gasteiger partial charge on any atom is -0.353 e. The number of pyridine rings is 1. The predicted octanol–water partition coefficient (Wildman–Crippen LogP) is 2.64. The third-order valence-electron chi connectivity index (χ3n) is 4.51. The van der Waals surface area contributed by atoms with E-state index in [0.29, 0.717) is 6.54 Å². The van der Waals surface area contributed by atoms with Gasteiger partial charge in [-0.3, -0.25) is 14.6 Å². The van der Waals surface area contributed by atoms with E-state index in [1.165, 1.54) is 6.42 Å². The highest BCUT2D eigenvalue weighted by atomic mass is 16.2. The first-order valence-corrected chi connectivity index (χ1v) is 8.76. The number of amides is 2. The summed E-state index contributed by atoms with van der Waals surface area (Å²) in [6, 6.07) is 3.76. The lowest BCUT2D eigenvalue weighted by molar-refractivity contribution is -0.130. The van der Waals surface area contributed by atoms with E-state index in [0.717, 1.165) is 50.3 Å². The Kier molecular flexibility index (Phi) is 7.46. The summed E-state index contributed by atoms with van der Waals surface area (Å²) in [5.74, 6) is 0.853. The van der Waals surface area contributed by atoms with Crippen LogP contribution in [0.5, 0.6) is 0 Å². The van der Waals surface area contributed by atoms with E-state index in [9.17, 15) is 9.59 Å². The molecule has 1 aliphatic heterocycles. The van der Waals surface area contributed by atoms with Gasteiger partial charge in [0.2, 0.25) is 11.8 Å². The lowest BCUT2D eigenvalue weighted by Gasteiger charge is -2.31. The number of likely N-dealkylation sites (tertiary alicyclic amines) is 1. The quantitative estimate of drug-likeness (QED) is 0.618. The van der Waals surface area contributed by atoms with E-state index < -0.39 is 0 Å². The molecule has 0 aliphatic carbocycles. The van der Waals surface area contributed by atoms with Crippen LogP contribution in [0.4, 0.5) is 0 Å². The van der Waals surface area contributed by atoms with Gasteiger partial charge in [-0.05, 0) is 42.9 Å². The van der Waals surface area contributed by atoms with Crippen molar-refractivity contribution in [2.75, 3.05) is 19.6 Å². The van der Waals surface area contributed by atoms with Crippen molar-refractivity contribution >= 4 is 17.9 Å². The van der Waals surface area contributed by atoms with Gasteiger partial charge in [0, 0.05) is 45.0 Å². The first-order chi connectivity index (χ1) is 11.6. The van der Waals surface area contributed by atoms with Gasteiger partial charge in [-0.1, -0.05) is 18.9 Å². The molecule has 2 heterocycles. The van der Waals surface area contributed by atoms with Crippen LogP contribution in [0.2, 0.25) is 0 Å². The van der Waals surface area contributed by atoms with Crippen molar-refractivity contribution in [3.05, 3.63) is 36.2 Å². The fraction of sp³-hybridized carbons (Fsp3) is 0.526. The fourth-order valence-corrected chi connectivity index (χ4v) is 3.01. The molecule has 130 valence electrons. The number of aromatic nitrogens is 1. The molecule has 5 heteroatoms. The van der Waals surface area contributed by atoms with E-state index in [2.05, 4.69) is 10.3 Å². The van der Waals surface area contributed by atoms with Crippen LogP contribution in [-0.2, 0) is 9.59 Å². The summed E-state index contributed by atoms with van der Waals surface area (Å²) >= 11 is 0. The molecule has 1 fully saturated rings. The van der Waals surface area contributed by atoms with Gasteiger partial charge >= 0.3 is 0 Å². The summed E-state index contributed by atoms with van der Waals surface area (Å²) in [5, 5.41) is 2.91. The van der Waals surface area contributed by atoms with Gasteiger partial charge in [0.25, 0.3) is 0 Å². The average molecular weight is 329 g/mol. The average Bonchev–Trinajstić information content (AvgIpc) is 2.61. The van der Waals surface area contributed by atoms with Crippen molar-refractivity contribution in [2.24, 2.45) is 5.92 Å². The maximum absolute atomic E-state index is 11.7. The Morgan fingerprint density at radius 1 is 1.33 bits per heavy atom. The molecule has 1 N–H and O–H groups in total. The highest BCUT2D eigenvalue weighted by Gasteiger charge is 2.19. The minimum absolute atomic E-state index is 0.0615. The zero-order chi connectivity index (χ0) is 17.2. The van der Waals surface area contributed by atoms with Crippen molar-refractivity contribution in [3.8, 4) is 0 Å². The maximum Gasteiger partial charge on any atom is 0.243 e. The third-order valence-corrected chi connectivity index (χ3v) is 4.51. The molecular weight excluding hydrogens is 302 g/mol. The summed E-state index contributed by atoms with van der Waals surface area (Å²) < 4.78 is 0. The molecule has 0 bridgehead atoms. The molecule has 2 rings (SSSR count). The first kappa shape index (κ1) is 18.2. The summed E-state index contributed by atoms with van der Waals surface area (Å²) in [7, 11) is 0. The smallest absolute Gasteiger partial charge is 0.243 e. The number of hydrogen-bond acceptors (Lipinski definition) is 3. The molecule has 0 spiro atoms. The number of carbonyl (C=O) groups is 2. The van der Waals surface area contributed by atoms with Crippen LogP contribution in [0.15, 0.2) is 30.6 Å². The van der Waals surface area contributed by atoms with Crippen molar-refractivity contribution in [3.63, 3.8) is 0 Å². The van der Waals surface area contributed by atoms with Gasteiger partial charge in [0.1, 0.15) is 0 Å². The van der Waals surface area contributed by atoms with E-state index >= 15 is 0 Å². The highest BCUT2D eigenvalue weighted by Crippen LogP contribution is 2.22. The topological polar surface area (TPSA) is 62.3 Å². The number of unbranched alkanes of at least 4 members (excludes halogenated alkanes) is 1. The zero-order valence-corrected chi connectivity index (χ0v) is 14.4. The van der Waals surface area contributed by atoms with Crippen molar-refractivity contribution in [1.82, 2.24) is 15.2 Å². The second kappa shape index (κ2) is 9.85. The van der Waals surface area contributed by atoms with Crippen molar-refractivity contribution in [1.29, 1.82) is 0 Å². The summed E-state index contributed by atoms with van der Waals surface area (Å²) in [4.78, 5) is 29.0. The van der Waals surface area contributed by atoms with E-state index in [1.807, 2.05) is 17.0 Å². The van der Waals surface area contributed by atoms with Crippen LogP contribution in [0.1, 0.15) is 44.6 Å². The molecule has 0 saturated carbocycles. The van der Waals surface area contributed by atoms with Crippen LogP contribution >= 0.6 is 0 Å². The lowest BCUT2D eigenvalue weighted by Crippen LogP contribution is -2.36. The highest BCUT2D eigenvalue weighted by molar-refractivity contribution is 5.91. The molecule has 0 unspecified atom stereocenters. The van der Waals surface area contributed by atoms with Crippen molar-refractivity contribution in [2.45, 2.75) is 39.0 Å². The summed E-state index contributed by atoms with van der Waals surface area (Å²) in [6.07, 6.45) is 12.3. The Balaban J connectivity index is 1.53. The third kappa shape index (κ3) is 6.52. The molecule has 24 heavy (non-hydrogen) atoms. The Morgan fingerprint density at radius 2 is 2.12 bits per heavy atom. The van der Waals surface area contributed by atoms with Crippen LogP contribution in [0.3, 0.4) is 0 Å². The van der Waals surface area contributed by atoms with E-state index in [4.69, 9.17) is 0 Å². The Labute approximate surface area is 144 Å². The van der Waals surface area contributed by atoms with Crippen molar-refractivity contribution < 1.29 is 9.59 Å². The number of nitrogens with one attached hydrogen (secondary N) is 1. The van der Waals surface area contributed by atoms with Gasteiger partial charge < -0.3 is 10.2 Å². The molecule has 5 nitrogen and oxygen atoms in total. The second-order valence-corrected chi connectivity index (χ2v) is 6.36. The molecule has 1 saturated heterocycles. The van der Waals surface area contributed by atoms with Crippen LogP contribution in [0.25, 0.3) is 6.08 Å². The fourth-order valence-electron chi connectivity index (χ4n) is 3.01. The van der Waals surface area contributed by atoms with E-state index in [1.54, 1.807) is 31.5 Å². The number of hydrogen-bond donors (Lipinski definition) is 1. The minimum atomic E-state index is -0.0615. The summed E-state index contributed by atoms with van der Waals surface area (Å²) in [6.45, 7) is 4.15. The van der Waals surface area contributed by atoms with Gasteiger partial charge in [-0.15, -0.1) is 0 Å². The van der Waals surface area contributed by atoms with Crippen LogP contribution in [0, 0.1) is 5.92 Å². The number of rotatable bonds is 7. The Bertz CT molecular complexity index is 549. The molecule has 0 atom stereocenters. The molecule has 0 radical (unpaired) electrons. The zero-order valence-electron chi connectivity index (χ0n) is 14.4. The molecular formula is C19H27N3O2. The predicted molar refractivity (Wildman–Crippen MR) is 95.1 cm³/mol. The van der Waals surface area contributed by atoms with Crippen LogP contribution < -0.4 is 5.32 Å². The van der Waals surface area contributed by atoms with Gasteiger partial charge in [0.15, 0.2) is 0 Å². The largest absolute Gasteiger partial charge is 0.353 e. The Hall–Kier alpha value is -2.17. The SMILES string of the molecule is CC(=O)N1CCC(CCCCNC(=O)/C=C\c2cccnc2)CC1. The maximum atomic E-state index is 11.7. The number of nitrogens with zero attached hydrogens (tertiary/aromatic N) is 2. The monoisotopic (exact) mass is 329 g/mol. The van der Waals surface area contributed by atoms with Gasteiger partial charge in [-0.25, -0.2) is 0 Å². The molecule has 2 amide bonds. The molecule has 1 aromatic heterocycles. The molecule has 0 aromatic carbocycles. The van der Waals surface area contributed by atoms with Gasteiger partial charge in [0.05, 0.1) is 0 Å². The normalized spacial score (nSPS) is 15.6. The first-order valence-electron chi connectivity index (χ1n) is 8.76. The Morgan fingerprint density at radius 3 is 2.79 bits per heavy atom. The van der Waals surface area contributed by atoms with Gasteiger partial charge in [-0.2, -0.15) is 0 Å². The standard InChI is InChI=1S/C19H27N3O2/c1-16(23)22-13-9-17(10-14-22)5-2-3-12-21-19(24)8-7-18-6-4-11-20-15-18/h4,6-8,11,15,17H,2-3,5,9-10,12-14H2,1H3,(H,21,24)/b8-7-. The summed E-state index contributed by atoms with van der Waals surface area (Å²) in [5.41, 5.74) is 0.921. The van der Waals surface area contributed by atoms with E-state index in [-0.39, 0.29) is 11.8 Å². The number of carbonyl (C=O) groups excluding carboxylic acids is 2. The van der Waals surface area contributed by atoms with Crippen LogP contribution in [-0.4, -0.2) is 41.3 Å².